The Labute approximate surface area is 180 Å². The van der Waals surface area contributed by atoms with Crippen molar-refractivity contribution in [2.45, 2.75) is 63.5 Å². The fourth-order valence-corrected chi connectivity index (χ4v) is 3.82. The molecule has 1 aromatic rings. The number of likely N-dealkylation sites (N-methyl/N-ethyl adjacent to an activating group) is 1. The molecule has 30 heavy (non-hydrogen) atoms. The highest BCUT2D eigenvalue weighted by molar-refractivity contribution is 5.70. The number of carbonyl (C=O) groups is 1. The van der Waals surface area contributed by atoms with E-state index in [2.05, 4.69) is 18.5 Å². The molecule has 0 aromatic heterocycles. The van der Waals surface area contributed by atoms with Gasteiger partial charge in [-0.3, -0.25) is 0 Å². The fourth-order valence-electron chi connectivity index (χ4n) is 3.82. The molecule has 0 unspecified atom stereocenters. The normalized spacial score (nSPS) is 18.9. The lowest BCUT2D eigenvalue weighted by atomic mass is 9.92. The highest BCUT2D eigenvalue weighted by Crippen LogP contribution is 2.25. The first-order valence-electron chi connectivity index (χ1n) is 11.1. The van der Waals surface area contributed by atoms with E-state index in [1.165, 1.54) is 43.5 Å². The summed E-state index contributed by atoms with van der Waals surface area (Å²) in [5.41, 5.74) is 0. The predicted octanol–water partition coefficient (Wildman–Crippen LogP) is 5.26. The van der Waals surface area contributed by atoms with Crippen molar-refractivity contribution >= 4 is 6.09 Å². The van der Waals surface area contributed by atoms with E-state index in [9.17, 15) is 9.18 Å². The van der Waals surface area contributed by atoms with Gasteiger partial charge in [0, 0.05) is 26.2 Å². The van der Waals surface area contributed by atoms with E-state index >= 15 is 0 Å². The monoisotopic (exact) mass is 420 g/mol. The van der Waals surface area contributed by atoms with E-state index in [0.29, 0.717) is 11.9 Å². The highest BCUT2D eigenvalue weighted by atomic mass is 19.1. The minimum absolute atomic E-state index is 0.158. The van der Waals surface area contributed by atoms with E-state index in [1.54, 1.807) is 11.9 Å². The van der Waals surface area contributed by atoms with Crippen LogP contribution in [0, 0.1) is 5.82 Å². The number of ether oxygens (including phenoxy) is 2. The lowest BCUT2D eigenvalue weighted by Gasteiger charge is -2.34. The van der Waals surface area contributed by atoms with Crippen LogP contribution in [0.4, 0.5) is 9.18 Å². The van der Waals surface area contributed by atoms with Gasteiger partial charge in [-0.1, -0.05) is 18.9 Å². The second kappa shape index (κ2) is 13.4. The van der Waals surface area contributed by atoms with Gasteiger partial charge in [-0.25, -0.2) is 9.18 Å². The van der Waals surface area contributed by atoms with Crippen LogP contribution in [0.2, 0.25) is 0 Å². The van der Waals surface area contributed by atoms with E-state index in [0.717, 1.165) is 51.8 Å². The van der Waals surface area contributed by atoms with E-state index in [-0.39, 0.29) is 11.9 Å². The Balaban J connectivity index is 1.55. The van der Waals surface area contributed by atoms with Gasteiger partial charge in [-0.05, 0) is 76.4 Å². The van der Waals surface area contributed by atoms with Gasteiger partial charge in [0.2, 0.25) is 0 Å². The predicted molar refractivity (Wildman–Crippen MR) is 118 cm³/mol. The molecule has 6 heteroatoms. The number of hydrogen-bond donors (Lipinski definition) is 0. The molecule has 1 aliphatic rings. The number of carbonyl (C=O) groups excluding carboxylic acids is 1. The van der Waals surface area contributed by atoms with E-state index in [1.807, 2.05) is 6.08 Å². The maximum Gasteiger partial charge on any atom is 0.415 e. The SMILES string of the molecule is C=CCN(C)CCCCCCO[C@H]1CC[C@H](N(C)C(=O)Oc2ccc(F)cc2)CC1. The first-order chi connectivity index (χ1) is 14.5. The molecule has 0 aliphatic heterocycles. The standard InChI is InChI=1S/C24H37FN2O3/c1-4-17-26(2)18-7-5-6-8-19-29-22-15-11-21(12-16-22)27(3)24(28)30-23-13-9-20(25)10-14-23/h4,9-10,13-14,21-22H,1,5-8,11-12,15-19H2,2-3H3/t21-,22-. The summed E-state index contributed by atoms with van der Waals surface area (Å²) in [5, 5.41) is 0. The topological polar surface area (TPSA) is 42.0 Å². The molecule has 1 fully saturated rings. The van der Waals surface area contributed by atoms with Gasteiger partial charge in [0.1, 0.15) is 11.6 Å². The molecule has 1 amide bonds. The van der Waals surface area contributed by atoms with Crippen molar-refractivity contribution in [2.24, 2.45) is 0 Å². The number of unbranched alkanes of at least 4 members (excludes halogenated alkanes) is 3. The molecule has 168 valence electrons. The Hall–Kier alpha value is -1.92. The summed E-state index contributed by atoms with van der Waals surface area (Å²) in [4.78, 5) is 16.3. The first-order valence-corrected chi connectivity index (χ1v) is 11.1. The second-order valence-electron chi connectivity index (χ2n) is 8.20. The molecule has 0 bridgehead atoms. The molecule has 0 radical (unpaired) electrons. The molecule has 0 spiro atoms. The van der Waals surface area contributed by atoms with Crippen LogP contribution < -0.4 is 4.74 Å². The zero-order valence-corrected chi connectivity index (χ0v) is 18.5. The van der Waals surface area contributed by atoms with Crippen LogP contribution in [-0.2, 0) is 4.74 Å². The van der Waals surface area contributed by atoms with Crippen LogP contribution in [0.5, 0.6) is 5.75 Å². The van der Waals surface area contributed by atoms with Gasteiger partial charge in [0.05, 0.1) is 6.10 Å². The molecule has 2 rings (SSSR count). The van der Waals surface area contributed by atoms with Crippen molar-refractivity contribution in [1.29, 1.82) is 0 Å². The molecule has 1 saturated carbocycles. The van der Waals surface area contributed by atoms with Gasteiger partial charge in [-0.2, -0.15) is 0 Å². The molecule has 0 N–H and O–H groups in total. The molecule has 0 saturated heterocycles. The molecule has 0 heterocycles. The van der Waals surface area contributed by atoms with Gasteiger partial charge in [0.15, 0.2) is 0 Å². The van der Waals surface area contributed by atoms with Crippen molar-refractivity contribution in [3.63, 3.8) is 0 Å². The quantitative estimate of drug-likeness (QED) is 0.342. The Morgan fingerprint density at radius 1 is 1.10 bits per heavy atom. The van der Waals surface area contributed by atoms with Crippen LogP contribution in [0.25, 0.3) is 0 Å². The number of hydrogen-bond acceptors (Lipinski definition) is 4. The van der Waals surface area contributed by atoms with Crippen LogP contribution >= 0.6 is 0 Å². The largest absolute Gasteiger partial charge is 0.415 e. The molecule has 1 aliphatic carbocycles. The summed E-state index contributed by atoms with van der Waals surface area (Å²) in [6, 6.07) is 5.65. The summed E-state index contributed by atoms with van der Waals surface area (Å²) in [6.07, 6.45) is 10.3. The smallest absolute Gasteiger partial charge is 0.410 e. The maximum atomic E-state index is 13.0. The number of rotatable bonds is 12. The Kier molecular flexibility index (Phi) is 10.9. The maximum absolute atomic E-state index is 13.0. The Bertz CT molecular complexity index is 630. The van der Waals surface area contributed by atoms with Gasteiger partial charge in [0.25, 0.3) is 0 Å². The number of benzene rings is 1. The zero-order valence-electron chi connectivity index (χ0n) is 18.5. The number of nitrogens with zero attached hydrogens (tertiary/aromatic N) is 2. The third-order valence-corrected chi connectivity index (χ3v) is 5.73. The average Bonchev–Trinajstić information content (AvgIpc) is 2.74. The molecule has 1 aromatic carbocycles. The van der Waals surface area contributed by atoms with Gasteiger partial charge in [-0.15, -0.1) is 6.58 Å². The third kappa shape index (κ3) is 8.84. The minimum atomic E-state index is -0.398. The van der Waals surface area contributed by atoms with Crippen molar-refractivity contribution < 1.29 is 18.7 Å². The molecule has 5 nitrogen and oxygen atoms in total. The summed E-state index contributed by atoms with van der Waals surface area (Å²) in [6.45, 7) is 6.65. The Morgan fingerprint density at radius 2 is 1.77 bits per heavy atom. The second-order valence-corrected chi connectivity index (χ2v) is 8.20. The lowest BCUT2D eigenvalue weighted by molar-refractivity contribution is 0.0104. The summed E-state index contributed by atoms with van der Waals surface area (Å²) in [5.74, 6) is 0.00946. The van der Waals surface area contributed by atoms with Crippen molar-refractivity contribution in [3.05, 3.63) is 42.7 Å². The highest BCUT2D eigenvalue weighted by Gasteiger charge is 2.27. The summed E-state index contributed by atoms with van der Waals surface area (Å²) < 4.78 is 24.3. The summed E-state index contributed by atoms with van der Waals surface area (Å²) in [7, 11) is 3.89. The minimum Gasteiger partial charge on any atom is -0.410 e. The average molecular weight is 421 g/mol. The molecule has 0 atom stereocenters. The Morgan fingerprint density at radius 3 is 2.43 bits per heavy atom. The fraction of sp³-hybridized carbons (Fsp3) is 0.625. The van der Waals surface area contributed by atoms with Crippen molar-refractivity contribution in [3.8, 4) is 5.75 Å². The first kappa shape index (κ1) is 24.4. The van der Waals surface area contributed by atoms with Crippen molar-refractivity contribution in [2.75, 3.05) is 33.8 Å². The van der Waals surface area contributed by atoms with Crippen LogP contribution in [-0.4, -0.2) is 61.8 Å². The molecular formula is C24H37FN2O3. The van der Waals surface area contributed by atoms with E-state index < -0.39 is 6.09 Å². The van der Waals surface area contributed by atoms with Crippen LogP contribution in [0.1, 0.15) is 51.4 Å². The lowest BCUT2D eigenvalue weighted by Crippen LogP contribution is -2.42. The summed E-state index contributed by atoms with van der Waals surface area (Å²) >= 11 is 0. The zero-order chi connectivity index (χ0) is 21.8. The van der Waals surface area contributed by atoms with Crippen LogP contribution in [0.3, 0.4) is 0 Å². The van der Waals surface area contributed by atoms with Crippen molar-refractivity contribution in [1.82, 2.24) is 9.80 Å². The van der Waals surface area contributed by atoms with Gasteiger partial charge < -0.3 is 19.3 Å². The third-order valence-electron chi connectivity index (χ3n) is 5.73. The number of halogens is 1. The molecular weight excluding hydrogens is 383 g/mol. The van der Waals surface area contributed by atoms with Gasteiger partial charge >= 0.3 is 6.09 Å². The van der Waals surface area contributed by atoms with Crippen LogP contribution in [0.15, 0.2) is 36.9 Å². The van der Waals surface area contributed by atoms with E-state index in [4.69, 9.17) is 9.47 Å². The number of amides is 1.